The predicted octanol–water partition coefficient (Wildman–Crippen LogP) is 3.97. The normalized spacial score (nSPS) is 24.6. The second kappa shape index (κ2) is 5.45. The second-order valence-electron chi connectivity index (χ2n) is 6.78. The Morgan fingerprint density at radius 2 is 2.00 bits per heavy atom. The van der Waals surface area contributed by atoms with E-state index in [1.165, 1.54) is 15.7 Å². The van der Waals surface area contributed by atoms with Gasteiger partial charge in [0.15, 0.2) is 0 Å². The zero-order valence-electron chi connectivity index (χ0n) is 12.6. The predicted molar refractivity (Wildman–Crippen MR) is 86.9 cm³/mol. The Labute approximate surface area is 125 Å². The molecule has 0 saturated carbocycles. The van der Waals surface area contributed by atoms with Gasteiger partial charge in [-0.25, -0.2) is 0 Å². The van der Waals surface area contributed by atoms with Gasteiger partial charge < -0.3 is 10.2 Å². The second-order valence-corrected chi connectivity index (χ2v) is 7.64. The number of aryl methyl sites for hydroxylation is 1. The fraction of sp³-hybridized carbons (Fsp3) is 0.625. The summed E-state index contributed by atoms with van der Waals surface area (Å²) in [7, 11) is 0. The molecular weight excluding hydrogens is 300 g/mol. The van der Waals surface area contributed by atoms with Crippen LogP contribution < -0.4 is 10.2 Å². The molecule has 1 saturated heterocycles. The maximum atomic E-state index is 3.72. The summed E-state index contributed by atoms with van der Waals surface area (Å²) in [6.45, 7) is 13.5. The van der Waals surface area contributed by atoms with Crippen molar-refractivity contribution < 1.29 is 0 Å². The van der Waals surface area contributed by atoms with Crippen LogP contribution in [0.4, 0.5) is 5.69 Å². The zero-order valence-corrected chi connectivity index (χ0v) is 14.2. The molecule has 2 unspecified atom stereocenters. The minimum atomic E-state index is 0.287. The topological polar surface area (TPSA) is 15.3 Å². The molecule has 1 aliphatic heterocycles. The SMILES string of the molecule is Cc1ccc(N2CC(C(C)(C)C)NCC2C)c(Br)c1. The lowest BCUT2D eigenvalue weighted by Crippen LogP contribution is -2.59. The van der Waals surface area contributed by atoms with Gasteiger partial charge in [-0.15, -0.1) is 0 Å². The average molecular weight is 325 g/mol. The molecule has 1 N–H and O–H groups in total. The molecular formula is C16H25BrN2. The van der Waals surface area contributed by atoms with Gasteiger partial charge in [0.25, 0.3) is 0 Å². The standard InChI is InChI=1S/C16H25BrN2/c1-11-6-7-14(13(17)8-11)19-10-15(16(3,4)5)18-9-12(19)2/h6-8,12,15,18H,9-10H2,1-5H3. The van der Waals surface area contributed by atoms with Gasteiger partial charge in [-0.2, -0.15) is 0 Å². The van der Waals surface area contributed by atoms with Crippen LogP contribution in [0.1, 0.15) is 33.3 Å². The number of benzene rings is 1. The van der Waals surface area contributed by atoms with E-state index in [0.29, 0.717) is 12.1 Å². The fourth-order valence-corrected chi connectivity index (χ4v) is 3.35. The van der Waals surface area contributed by atoms with Gasteiger partial charge in [0.1, 0.15) is 0 Å². The minimum absolute atomic E-state index is 0.287. The monoisotopic (exact) mass is 324 g/mol. The number of anilines is 1. The Balaban J connectivity index is 2.26. The molecule has 19 heavy (non-hydrogen) atoms. The van der Waals surface area contributed by atoms with Crippen molar-refractivity contribution in [3.63, 3.8) is 0 Å². The molecule has 0 aliphatic carbocycles. The fourth-order valence-electron chi connectivity index (χ4n) is 2.62. The summed E-state index contributed by atoms with van der Waals surface area (Å²) < 4.78 is 1.20. The highest BCUT2D eigenvalue weighted by Gasteiger charge is 2.32. The van der Waals surface area contributed by atoms with Crippen LogP contribution in [-0.2, 0) is 0 Å². The first-order valence-corrected chi connectivity index (χ1v) is 7.84. The molecule has 0 spiro atoms. The first kappa shape index (κ1) is 14.9. The lowest BCUT2D eigenvalue weighted by molar-refractivity contribution is 0.239. The average Bonchev–Trinajstić information content (AvgIpc) is 2.29. The van der Waals surface area contributed by atoms with Crippen molar-refractivity contribution in [3.8, 4) is 0 Å². The highest BCUT2D eigenvalue weighted by atomic mass is 79.9. The molecule has 0 aromatic heterocycles. The van der Waals surface area contributed by atoms with E-state index in [9.17, 15) is 0 Å². The minimum Gasteiger partial charge on any atom is -0.365 e. The van der Waals surface area contributed by atoms with Crippen LogP contribution in [0.15, 0.2) is 22.7 Å². The maximum Gasteiger partial charge on any atom is 0.0514 e. The van der Waals surface area contributed by atoms with Gasteiger partial charge in [-0.3, -0.25) is 0 Å². The van der Waals surface area contributed by atoms with E-state index in [-0.39, 0.29) is 5.41 Å². The quantitative estimate of drug-likeness (QED) is 0.840. The van der Waals surface area contributed by atoms with Crippen LogP contribution in [0.25, 0.3) is 0 Å². The Hall–Kier alpha value is -0.540. The molecule has 1 heterocycles. The van der Waals surface area contributed by atoms with Gasteiger partial charge in [0.2, 0.25) is 0 Å². The summed E-state index contributed by atoms with van der Waals surface area (Å²) in [4.78, 5) is 2.52. The lowest BCUT2D eigenvalue weighted by atomic mass is 9.84. The van der Waals surface area contributed by atoms with Gasteiger partial charge >= 0.3 is 0 Å². The van der Waals surface area contributed by atoms with E-state index in [1.807, 2.05) is 0 Å². The van der Waals surface area contributed by atoms with E-state index in [2.05, 4.69) is 79.0 Å². The molecule has 0 bridgehead atoms. The van der Waals surface area contributed by atoms with Crippen LogP contribution in [0.3, 0.4) is 0 Å². The third kappa shape index (κ3) is 3.32. The molecule has 2 rings (SSSR count). The van der Waals surface area contributed by atoms with E-state index in [4.69, 9.17) is 0 Å². The third-order valence-electron chi connectivity index (χ3n) is 4.03. The molecule has 1 aromatic rings. The summed E-state index contributed by atoms with van der Waals surface area (Å²) in [5.74, 6) is 0. The molecule has 3 heteroatoms. The van der Waals surface area contributed by atoms with E-state index < -0.39 is 0 Å². The van der Waals surface area contributed by atoms with E-state index in [0.717, 1.165) is 13.1 Å². The van der Waals surface area contributed by atoms with Crippen molar-refractivity contribution in [2.75, 3.05) is 18.0 Å². The highest BCUT2D eigenvalue weighted by molar-refractivity contribution is 9.10. The van der Waals surface area contributed by atoms with Crippen LogP contribution in [0, 0.1) is 12.3 Å². The Morgan fingerprint density at radius 1 is 1.32 bits per heavy atom. The van der Waals surface area contributed by atoms with Crippen molar-refractivity contribution in [1.82, 2.24) is 5.32 Å². The van der Waals surface area contributed by atoms with Gasteiger partial charge in [-0.1, -0.05) is 26.8 Å². The third-order valence-corrected chi connectivity index (χ3v) is 4.66. The number of hydrogen-bond acceptors (Lipinski definition) is 2. The largest absolute Gasteiger partial charge is 0.365 e. The molecule has 1 aromatic carbocycles. The van der Waals surface area contributed by atoms with Gasteiger partial charge in [-0.05, 0) is 52.9 Å². The van der Waals surface area contributed by atoms with Crippen molar-refractivity contribution >= 4 is 21.6 Å². The number of piperazine rings is 1. The molecule has 106 valence electrons. The summed E-state index contributed by atoms with van der Waals surface area (Å²) in [5.41, 5.74) is 2.90. The smallest absolute Gasteiger partial charge is 0.0514 e. The molecule has 0 radical (unpaired) electrons. The van der Waals surface area contributed by atoms with Crippen LogP contribution in [-0.4, -0.2) is 25.2 Å². The first-order chi connectivity index (χ1) is 8.79. The highest BCUT2D eigenvalue weighted by Crippen LogP contribution is 2.32. The number of nitrogens with zero attached hydrogens (tertiary/aromatic N) is 1. The van der Waals surface area contributed by atoms with Crippen LogP contribution in [0.2, 0.25) is 0 Å². The van der Waals surface area contributed by atoms with Gasteiger partial charge in [0.05, 0.1) is 5.69 Å². The van der Waals surface area contributed by atoms with Crippen LogP contribution >= 0.6 is 15.9 Å². The van der Waals surface area contributed by atoms with E-state index in [1.54, 1.807) is 0 Å². The van der Waals surface area contributed by atoms with Crippen molar-refractivity contribution in [3.05, 3.63) is 28.2 Å². The van der Waals surface area contributed by atoms with Crippen LogP contribution in [0.5, 0.6) is 0 Å². The number of hydrogen-bond donors (Lipinski definition) is 1. The Morgan fingerprint density at radius 3 is 2.58 bits per heavy atom. The zero-order chi connectivity index (χ0) is 14.2. The summed E-state index contributed by atoms with van der Waals surface area (Å²) >= 11 is 3.72. The molecule has 2 atom stereocenters. The van der Waals surface area contributed by atoms with Crippen molar-refractivity contribution in [1.29, 1.82) is 0 Å². The van der Waals surface area contributed by atoms with E-state index >= 15 is 0 Å². The first-order valence-electron chi connectivity index (χ1n) is 7.05. The molecule has 1 aliphatic rings. The lowest BCUT2D eigenvalue weighted by Gasteiger charge is -2.45. The number of nitrogens with one attached hydrogen (secondary N) is 1. The summed E-state index contributed by atoms with van der Waals surface area (Å²) in [6, 6.07) is 7.69. The van der Waals surface area contributed by atoms with Gasteiger partial charge in [0, 0.05) is 29.6 Å². The molecule has 1 fully saturated rings. The summed E-state index contributed by atoms with van der Waals surface area (Å²) in [5, 5.41) is 3.68. The Kier molecular flexibility index (Phi) is 4.26. The molecule has 2 nitrogen and oxygen atoms in total. The number of halogens is 1. The van der Waals surface area contributed by atoms with Crippen molar-refractivity contribution in [2.24, 2.45) is 5.41 Å². The maximum absolute atomic E-state index is 3.72. The summed E-state index contributed by atoms with van der Waals surface area (Å²) in [6.07, 6.45) is 0. The Bertz CT molecular complexity index is 451. The van der Waals surface area contributed by atoms with Crippen molar-refractivity contribution in [2.45, 2.75) is 46.7 Å². The number of rotatable bonds is 1. The molecule has 0 amide bonds.